The van der Waals surface area contributed by atoms with Gasteiger partial charge in [-0.25, -0.2) is 0 Å². The molecule has 2 unspecified atom stereocenters. The van der Waals surface area contributed by atoms with Gasteiger partial charge in [-0.15, -0.1) is 0 Å². The van der Waals surface area contributed by atoms with Crippen molar-refractivity contribution in [2.45, 2.75) is 45.7 Å². The highest BCUT2D eigenvalue weighted by Crippen LogP contribution is 2.13. The van der Waals surface area contributed by atoms with Crippen LogP contribution < -0.4 is 11.1 Å². The van der Waals surface area contributed by atoms with Gasteiger partial charge in [0.2, 0.25) is 5.91 Å². The molecule has 1 rings (SSSR count). The molecule has 0 spiro atoms. The van der Waals surface area contributed by atoms with Crippen LogP contribution in [0.15, 0.2) is 0 Å². The van der Waals surface area contributed by atoms with Crippen molar-refractivity contribution in [1.82, 2.24) is 15.1 Å². The minimum Gasteiger partial charge on any atom is -0.354 e. The lowest BCUT2D eigenvalue weighted by Crippen LogP contribution is -2.54. The minimum absolute atomic E-state index is 0.0175. The zero-order valence-corrected chi connectivity index (χ0v) is 13.6. The summed E-state index contributed by atoms with van der Waals surface area (Å²) in [6.45, 7) is 11.6. The van der Waals surface area contributed by atoms with E-state index in [0.29, 0.717) is 18.4 Å². The largest absolute Gasteiger partial charge is 0.354 e. The lowest BCUT2D eigenvalue weighted by atomic mass is 10.0. The van der Waals surface area contributed by atoms with E-state index in [1.165, 1.54) is 0 Å². The van der Waals surface area contributed by atoms with E-state index < -0.39 is 0 Å². The van der Waals surface area contributed by atoms with Gasteiger partial charge in [-0.1, -0.05) is 20.8 Å². The van der Waals surface area contributed by atoms with Crippen LogP contribution in [-0.2, 0) is 4.79 Å². The fraction of sp³-hybridized carbons (Fsp3) is 0.933. The van der Waals surface area contributed by atoms with Crippen molar-refractivity contribution >= 4 is 5.91 Å². The number of hydrogen-bond donors (Lipinski definition) is 2. The average molecular weight is 284 g/mol. The summed E-state index contributed by atoms with van der Waals surface area (Å²) in [4.78, 5) is 16.7. The number of likely N-dealkylation sites (N-methyl/N-ethyl adjacent to an activating group) is 1. The maximum absolute atomic E-state index is 11.9. The van der Waals surface area contributed by atoms with Gasteiger partial charge in [0.05, 0.1) is 0 Å². The van der Waals surface area contributed by atoms with E-state index in [9.17, 15) is 4.79 Å². The highest BCUT2D eigenvalue weighted by atomic mass is 16.1. The van der Waals surface area contributed by atoms with E-state index in [1.807, 2.05) is 6.92 Å². The van der Waals surface area contributed by atoms with Crippen molar-refractivity contribution in [2.24, 2.45) is 11.7 Å². The van der Waals surface area contributed by atoms with Crippen molar-refractivity contribution in [3.8, 4) is 0 Å². The van der Waals surface area contributed by atoms with Gasteiger partial charge in [0.1, 0.15) is 0 Å². The molecule has 0 aliphatic carbocycles. The highest BCUT2D eigenvalue weighted by molar-refractivity contribution is 5.76. The Hall–Kier alpha value is -0.650. The van der Waals surface area contributed by atoms with E-state index in [4.69, 9.17) is 5.73 Å². The Kier molecular flexibility index (Phi) is 7.48. The number of carbonyl (C=O) groups is 1. The fourth-order valence-corrected chi connectivity index (χ4v) is 2.61. The van der Waals surface area contributed by atoms with Crippen molar-refractivity contribution in [2.75, 3.05) is 39.8 Å². The van der Waals surface area contributed by atoms with E-state index >= 15 is 0 Å². The summed E-state index contributed by atoms with van der Waals surface area (Å²) in [5.41, 5.74) is 5.82. The predicted molar refractivity (Wildman–Crippen MR) is 83.6 cm³/mol. The maximum Gasteiger partial charge on any atom is 0.221 e. The Bertz CT molecular complexity index is 288. The monoisotopic (exact) mass is 284 g/mol. The van der Waals surface area contributed by atoms with Crippen LogP contribution in [-0.4, -0.2) is 67.6 Å². The molecule has 0 aromatic carbocycles. The van der Waals surface area contributed by atoms with Crippen LogP contribution in [0.2, 0.25) is 0 Å². The smallest absolute Gasteiger partial charge is 0.221 e. The Balaban J connectivity index is 2.41. The zero-order valence-electron chi connectivity index (χ0n) is 13.6. The molecule has 0 aromatic rings. The molecule has 1 amide bonds. The molecule has 0 bridgehead atoms. The van der Waals surface area contributed by atoms with Gasteiger partial charge in [0.25, 0.3) is 0 Å². The Morgan fingerprint density at radius 2 is 1.85 bits per heavy atom. The van der Waals surface area contributed by atoms with E-state index in [0.717, 1.165) is 39.1 Å². The third-order valence-electron chi connectivity index (χ3n) is 4.26. The second-order valence-corrected chi connectivity index (χ2v) is 6.33. The fourth-order valence-electron chi connectivity index (χ4n) is 2.61. The number of amides is 1. The molecule has 3 N–H and O–H groups in total. The Labute approximate surface area is 123 Å². The summed E-state index contributed by atoms with van der Waals surface area (Å²) in [6.07, 6.45) is 1.28. The molecule has 1 heterocycles. The van der Waals surface area contributed by atoms with Gasteiger partial charge in [-0.3, -0.25) is 9.69 Å². The SMILES string of the molecule is CCC(N)CC(=O)NCC(C(C)C)N1CCN(C)CC1. The molecule has 0 saturated carbocycles. The summed E-state index contributed by atoms with van der Waals surface area (Å²) in [6, 6.07) is 0.404. The van der Waals surface area contributed by atoms with E-state index in [2.05, 4.69) is 36.0 Å². The molecular formula is C15H32N4O. The molecule has 2 atom stereocenters. The Morgan fingerprint density at radius 3 is 2.35 bits per heavy atom. The van der Waals surface area contributed by atoms with Gasteiger partial charge < -0.3 is 16.0 Å². The van der Waals surface area contributed by atoms with Crippen molar-refractivity contribution in [3.05, 3.63) is 0 Å². The summed E-state index contributed by atoms with van der Waals surface area (Å²) >= 11 is 0. The lowest BCUT2D eigenvalue weighted by molar-refractivity contribution is -0.121. The molecule has 0 aromatic heterocycles. The molecule has 1 fully saturated rings. The van der Waals surface area contributed by atoms with Crippen molar-refractivity contribution < 1.29 is 4.79 Å². The Morgan fingerprint density at radius 1 is 1.25 bits per heavy atom. The van der Waals surface area contributed by atoms with Crippen LogP contribution in [0.4, 0.5) is 0 Å². The van der Waals surface area contributed by atoms with Crippen LogP contribution in [0, 0.1) is 5.92 Å². The summed E-state index contributed by atoms with van der Waals surface area (Å²) in [5.74, 6) is 0.623. The van der Waals surface area contributed by atoms with Gasteiger partial charge >= 0.3 is 0 Å². The van der Waals surface area contributed by atoms with Crippen LogP contribution in [0.5, 0.6) is 0 Å². The first kappa shape index (κ1) is 17.4. The number of hydrogen-bond acceptors (Lipinski definition) is 4. The molecule has 20 heavy (non-hydrogen) atoms. The highest BCUT2D eigenvalue weighted by Gasteiger charge is 2.25. The molecule has 0 radical (unpaired) electrons. The molecule has 5 nitrogen and oxygen atoms in total. The molecule has 118 valence electrons. The van der Waals surface area contributed by atoms with Gasteiger partial charge in [0, 0.05) is 51.2 Å². The first-order chi connectivity index (χ1) is 9.43. The normalized spacial score (nSPS) is 20.9. The minimum atomic E-state index is -0.0175. The summed E-state index contributed by atoms with van der Waals surface area (Å²) < 4.78 is 0. The maximum atomic E-state index is 11.9. The van der Waals surface area contributed by atoms with Gasteiger partial charge in [-0.05, 0) is 19.4 Å². The molecule has 1 aliphatic heterocycles. The zero-order chi connectivity index (χ0) is 15.1. The van der Waals surface area contributed by atoms with Gasteiger partial charge in [0.15, 0.2) is 0 Å². The molecular weight excluding hydrogens is 252 g/mol. The predicted octanol–water partition coefficient (Wildman–Crippen LogP) is 0.502. The average Bonchev–Trinajstić information content (AvgIpc) is 2.40. The summed E-state index contributed by atoms with van der Waals surface area (Å²) in [7, 11) is 2.16. The van der Waals surface area contributed by atoms with E-state index in [-0.39, 0.29) is 11.9 Å². The first-order valence-corrected chi connectivity index (χ1v) is 7.88. The quantitative estimate of drug-likeness (QED) is 0.715. The second kappa shape index (κ2) is 8.60. The van der Waals surface area contributed by atoms with E-state index in [1.54, 1.807) is 0 Å². The molecule has 1 aliphatic rings. The lowest BCUT2D eigenvalue weighted by Gasteiger charge is -2.40. The van der Waals surface area contributed by atoms with Gasteiger partial charge in [-0.2, -0.15) is 0 Å². The third-order valence-corrected chi connectivity index (χ3v) is 4.26. The second-order valence-electron chi connectivity index (χ2n) is 6.33. The summed E-state index contributed by atoms with van der Waals surface area (Å²) in [5, 5.41) is 3.06. The van der Waals surface area contributed by atoms with Crippen molar-refractivity contribution in [1.29, 1.82) is 0 Å². The van der Waals surface area contributed by atoms with Crippen molar-refractivity contribution in [3.63, 3.8) is 0 Å². The third kappa shape index (κ3) is 5.77. The topological polar surface area (TPSA) is 61.6 Å². The number of nitrogens with one attached hydrogen (secondary N) is 1. The van der Waals surface area contributed by atoms with Crippen LogP contribution in [0.25, 0.3) is 0 Å². The van der Waals surface area contributed by atoms with Crippen LogP contribution in [0.1, 0.15) is 33.6 Å². The standard InChI is InChI=1S/C15H32N4O/c1-5-13(16)10-15(20)17-11-14(12(2)3)19-8-6-18(4)7-9-19/h12-14H,5-11,16H2,1-4H3,(H,17,20). The number of carbonyl (C=O) groups excluding carboxylic acids is 1. The molecule has 5 heteroatoms. The number of nitrogens with zero attached hydrogens (tertiary/aromatic N) is 2. The van der Waals surface area contributed by atoms with Crippen LogP contribution >= 0.6 is 0 Å². The first-order valence-electron chi connectivity index (χ1n) is 7.88. The van der Waals surface area contributed by atoms with Crippen LogP contribution in [0.3, 0.4) is 0 Å². The molecule has 1 saturated heterocycles. The number of nitrogens with two attached hydrogens (primary N) is 1. The number of rotatable bonds is 7. The number of piperazine rings is 1.